The van der Waals surface area contributed by atoms with Gasteiger partial charge in [-0.05, 0) is 24.6 Å². The van der Waals surface area contributed by atoms with Crippen LogP contribution in [0.4, 0.5) is 0 Å². The number of hydrazine groups is 1. The molecule has 0 bridgehead atoms. The van der Waals surface area contributed by atoms with Crippen LogP contribution in [0.2, 0.25) is 0 Å². The standard InChI is InChI=1S/C20H16N4O4/c1-11-6-7-13-12(10-28-16(13)8-11)9-17(25)21-24-20(27)18-14-4-2-3-5-15(14)19(26)23-22-18/h2-8,10H,9H2,1H3,(H,21,25)(H,23,26)(H,24,27). The highest BCUT2D eigenvalue weighted by Gasteiger charge is 2.16. The lowest BCUT2D eigenvalue weighted by atomic mass is 10.1. The predicted molar refractivity (Wildman–Crippen MR) is 103 cm³/mol. The van der Waals surface area contributed by atoms with E-state index in [9.17, 15) is 14.4 Å². The summed E-state index contributed by atoms with van der Waals surface area (Å²) < 4.78 is 5.47. The van der Waals surface area contributed by atoms with Crippen LogP contribution in [0.1, 0.15) is 21.6 Å². The number of rotatable bonds is 3. The van der Waals surface area contributed by atoms with E-state index in [1.165, 1.54) is 6.26 Å². The van der Waals surface area contributed by atoms with Crippen LogP contribution in [0.5, 0.6) is 0 Å². The maximum atomic E-state index is 12.4. The van der Waals surface area contributed by atoms with Gasteiger partial charge in [-0.3, -0.25) is 25.2 Å². The number of benzene rings is 2. The molecule has 4 rings (SSSR count). The summed E-state index contributed by atoms with van der Waals surface area (Å²) in [6.45, 7) is 1.96. The van der Waals surface area contributed by atoms with E-state index in [1.807, 2.05) is 25.1 Å². The van der Waals surface area contributed by atoms with Gasteiger partial charge in [0.2, 0.25) is 5.91 Å². The molecule has 2 aromatic heterocycles. The topological polar surface area (TPSA) is 117 Å². The summed E-state index contributed by atoms with van der Waals surface area (Å²) >= 11 is 0. The summed E-state index contributed by atoms with van der Waals surface area (Å²) in [4.78, 5) is 36.4. The first kappa shape index (κ1) is 17.5. The second-order valence-corrected chi connectivity index (χ2v) is 6.39. The fraction of sp³-hybridized carbons (Fsp3) is 0.100. The fourth-order valence-corrected chi connectivity index (χ4v) is 3.02. The number of carbonyl (C=O) groups excluding carboxylic acids is 2. The van der Waals surface area contributed by atoms with Crippen LogP contribution in [0.15, 0.2) is 57.9 Å². The molecular weight excluding hydrogens is 360 g/mol. The van der Waals surface area contributed by atoms with Crippen molar-refractivity contribution in [3.05, 3.63) is 75.9 Å². The van der Waals surface area contributed by atoms with Crippen molar-refractivity contribution >= 4 is 33.6 Å². The Kier molecular flexibility index (Phi) is 4.36. The Hall–Kier alpha value is -3.94. The first-order valence-corrected chi connectivity index (χ1v) is 8.56. The average Bonchev–Trinajstić information content (AvgIpc) is 3.08. The number of aromatic nitrogens is 2. The summed E-state index contributed by atoms with van der Waals surface area (Å²) in [5.74, 6) is -1.04. The van der Waals surface area contributed by atoms with Gasteiger partial charge in [0.15, 0.2) is 5.69 Å². The van der Waals surface area contributed by atoms with Crippen molar-refractivity contribution < 1.29 is 14.0 Å². The molecule has 3 N–H and O–H groups in total. The largest absolute Gasteiger partial charge is 0.464 e. The molecule has 0 saturated heterocycles. The summed E-state index contributed by atoms with van der Waals surface area (Å²) in [5, 5.41) is 7.66. The molecule has 0 radical (unpaired) electrons. The highest BCUT2D eigenvalue weighted by molar-refractivity contribution is 6.05. The van der Waals surface area contributed by atoms with Gasteiger partial charge in [-0.15, -0.1) is 0 Å². The van der Waals surface area contributed by atoms with Crippen LogP contribution in [0, 0.1) is 6.92 Å². The first-order chi connectivity index (χ1) is 13.5. The molecule has 4 aromatic rings. The minimum atomic E-state index is -0.631. The summed E-state index contributed by atoms with van der Waals surface area (Å²) in [6.07, 6.45) is 1.57. The minimum absolute atomic E-state index is 0.0136. The van der Waals surface area contributed by atoms with E-state index < -0.39 is 17.4 Å². The monoisotopic (exact) mass is 376 g/mol. The third-order valence-electron chi connectivity index (χ3n) is 4.39. The quantitative estimate of drug-likeness (QED) is 0.473. The molecule has 2 amide bonds. The van der Waals surface area contributed by atoms with Gasteiger partial charge in [0.1, 0.15) is 5.58 Å². The number of carbonyl (C=O) groups is 2. The number of aryl methyl sites for hydroxylation is 1. The number of aromatic amines is 1. The Balaban J connectivity index is 1.47. The van der Waals surface area contributed by atoms with Crippen molar-refractivity contribution in [3.63, 3.8) is 0 Å². The molecule has 0 fully saturated rings. The van der Waals surface area contributed by atoms with E-state index in [0.29, 0.717) is 16.4 Å². The second-order valence-electron chi connectivity index (χ2n) is 6.39. The Morgan fingerprint density at radius 2 is 1.86 bits per heavy atom. The average molecular weight is 376 g/mol. The molecule has 0 aliphatic carbocycles. The molecule has 8 nitrogen and oxygen atoms in total. The Morgan fingerprint density at radius 3 is 2.68 bits per heavy atom. The Bertz CT molecular complexity index is 1270. The van der Waals surface area contributed by atoms with Crippen molar-refractivity contribution in [2.45, 2.75) is 13.3 Å². The summed E-state index contributed by atoms with van der Waals surface area (Å²) in [7, 11) is 0. The smallest absolute Gasteiger partial charge is 0.290 e. The predicted octanol–water partition coefficient (Wildman–Crippen LogP) is 1.98. The molecule has 2 aromatic carbocycles. The number of hydrogen-bond donors (Lipinski definition) is 3. The summed E-state index contributed by atoms with van der Waals surface area (Å²) in [6, 6.07) is 12.3. The maximum absolute atomic E-state index is 12.4. The molecule has 0 unspecified atom stereocenters. The molecule has 140 valence electrons. The lowest BCUT2D eigenvalue weighted by Gasteiger charge is -2.08. The third-order valence-corrected chi connectivity index (χ3v) is 4.39. The summed E-state index contributed by atoms with van der Waals surface area (Å²) in [5.41, 5.74) is 6.79. The first-order valence-electron chi connectivity index (χ1n) is 8.56. The molecular formula is C20H16N4O4. The van der Waals surface area contributed by atoms with E-state index in [1.54, 1.807) is 24.3 Å². The van der Waals surface area contributed by atoms with Crippen LogP contribution in [-0.4, -0.2) is 22.0 Å². The number of furan rings is 1. The number of amides is 2. The van der Waals surface area contributed by atoms with Crippen LogP contribution >= 0.6 is 0 Å². The van der Waals surface area contributed by atoms with E-state index in [-0.39, 0.29) is 12.1 Å². The molecule has 0 aliphatic heterocycles. The maximum Gasteiger partial charge on any atom is 0.290 e. The van der Waals surface area contributed by atoms with Crippen molar-refractivity contribution in [2.24, 2.45) is 0 Å². The van der Waals surface area contributed by atoms with Gasteiger partial charge >= 0.3 is 0 Å². The third kappa shape index (κ3) is 3.23. The zero-order chi connectivity index (χ0) is 19.7. The van der Waals surface area contributed by atoms with E-state index in [2.05, 4.69) is 21.0 Å². The number of fused-ring (bicyclic) bond motifs is 2. The van der Waals surface area contributed by atoms with Gasteiger partial charge in [0.05, 0.1) is 18.1 Å². The number of H-pyrrole nitrogens is 1. The van der Waals surface area contributed by atoms with Gasteiger partial charge in [-0.25, -0.2) is 5.10 Å². The number of hydrogen-bond acceptors (Lipinski definition) is 5. The van der Waals surface area contributed by atoms with Crippen LogP contribution in [0.3, 0.4) is 0 Å². The SMILES string of the molecule is Cc1ccc2c(CC(=O)NNC(=O)c3n[nH]c(=O)c4ccccc34)coc2c1. The van der Waals surface area contributed by atoms with E-state index in [0.717, 1.165) is 16.5 Å². The molecule has 2 heterocycles. The molecule has 0 aliphatic rings. The molecule has 8 heteroatoms. The zero-order valence-electron chi connectivity index (χ0n) is 14.9. The molecule has 0 saturated carbocycles. The zero-order valence-corrected chi connectivity index (χ0v) is 14.9. The van der Waals surface area contributed by atoms with Crippen LogP contribution in [0.25, 0.3) is 21.7 Å². The lowest BCUT2D eigenvalue weighted by molar-refractivity contribution is -0.121. The van der Waals surface area contributed by atoms with Crippen molar-refractivity contribution in [1.29, 1.82) is 0 Å². The highest BCUT2D eigenvalue weighted by atomic mass is 16.3. The number of nitrogens with zero attached hydrogens (tertiary/aromatic N) is 1. The van der Waals surface area contributed by atoms with Gasteiger partial charge in [-0.2, -0.15) is 5.10 Å². The van der Waals surface area contributed by atoms with E-state index >= 15 is 0 Å². The van der Waals surface area contributed by atoms with Crippen LogP contribution in [-0.2, 0) is 11.2 Å². The van der Waals surface area contributed by atoms with Crippen molar-refractivity contribution in [2.75, 3.05) is 0 Å². The Morgan fingerprint density at radius 1 is 1.07 bits per heavy atom. The fourth-order valence-electron chi connectivity index (χ4n) is 3.02. The second kappa shape index (κ2) is 6.99. The van der Waals surface area contributed by atoms with Gasteiger partial charge < -0.3 is 4.42 Å². The number of nitrogens with one attached hydrogen (secondary N) is 3. The van der Waals surface area contributed by atoms with Gasteiger partial charge in [-0.1, -0.05) is 30.3 Å². The minimum Gasteiger partial charge on any atom is -0.464 e. The lowest BCUT2D eigenvalue weighted by Crippen LogP contribution is -2.43. The van der Waals surface area contributed by atoms with E-state index in [4.69, 9.17) is 4.42 Å². The highest BCUT2D eigenvalue weighted by Crippen LogP contribution is 2.22. The molecule has 28 heavy (non-hydrogen) atoms. The van der Waals surface area contributed by atoms with Crippen molar-refractivity contribution in [1.82, 2.24) is 21.0 Å². The molecule has 0 atom stereocenters. The normalized spacial score (nSPS) is 10.9. The van der Waals surface area contributed by atoms with Crippen molar-refractivity contribution in [3.8, 4) is 0 Å². The van der Waals surface area contributed by atoms with Crippen LogP contribution < -0.4 is 16.4 Å². The van der Waals surface area contributed by atoms with Gasteiger partial charge in [0, 0.05) is 16.3 Å². The Labute approximate surface area is 158 Å². The molecule has 0 spiro atoms. The van der Waals surface area contributed by atoms with Gasteiger partial charge in [0.25, 0.3) is 11.5 Å².